The number of pyridine rings is 1. The summed E-state index contributed by atoms with van der Waals surface area (Å²) >= 11 is 0. The van der Waals surface area contributed by atoms with E-state index in [9.17, 15) is 9.59 Å². The molecule has 0 radical (unpaired) electrons. The van der Waals surface area contributed by atoms with Crippen molar-refractivity contribution < 1.29 is 19.1 Å². The van der Waals surface area contributed by atoms with Crippen molar-refractivity contribution in [1.82, 2.24) is 10.3 Å². The van der Waals surface area contributed by atoms with Gasteiger partial charge in [0.25, 0.3) is 5.91 Å². The van der Waals surface area contributed by atoms with Gasteiger partial charge in [-0.1, -0.05) is 0 Å². The highest BCUT2D eigenvalue weighted by atomic mass is 16.5. The number of ether oxygens (including phenoxy) is 2. The number of hydrogen-bond donors (Lipinski definition) is 2. The van der Waals surface area contributed by atoms with Crippen molar-refractivity contribution in [3.63, 3.8) is 0 Å². The van der Waals surface area contributed by atoms with Gasteiger partial charge in [0.2, 0.25) is 11.8 Å². The first-order chi connectivity index (χ1) is 10.1. The zero-order valence-corrected chi connectivity index (χ0v) is 11.9. The lowest BCUT2D eigenvalue weighted by Crippen LogP contribution is -2.42. The number of nitrogens with one attached hydrogen (secondary N) is 1. The van der Waals surface area contributed by atoms with Crippen molar-refractivity contribution in [3.05, 3.63) is 23.9 Å². The van der Waals surface area contributed by atoms with Crippen LogP contribution in [0, 0.1) is 0 Å². The molecule has 2 rings (SSSR count). The van der Waals surface area contributed by atoms with Crippen LogP contribution in [0.3, 0.4) is 0 Å². The van der Waals surface area contributed by atoms with Gasteiger partial charge in [0.15, 0.2) is 0 Å². The molecule has 3 N–H and O–H groups in total. The van der Waals surface area contributed by atoms with Crippen molar-refractivity contribution in [2.24, 2.45) is 5.73 Å². The summed E-state index contributed by atoms with van der Waals surface area (Å²) < 4.78 is 11.0. The van der Waals surface area contributed by atoms with Crippen LogP contribution < -0.4 is 15.8 Å². The topological polar surface area (TPSA) is 104 Å². The van der Waals surface area contributed by atoms with Gasteiger partial charge in [-0.05, 0) is 13.0 Å². The second-order valence-electron chi connectivity index (χ2n) is 4.91. The summed E-state index contributed by atoms with van der Waals surface area (Å²) in [5.41, 5.74) is 5.44. The van der Waals surface area contributed by atoms with E-state index in [0.717, 1.165) is 12.8 Å². The van der Waals surface area contributed by atoms with E-state index in [0.29, 0.717) is 24.7 Å². The monoisotopic (exact) mass is 293 g/mol. The Kier molecular flexibility index (Phi) is 5.10. The van der Waals surface area contributed by atoms with Crippen LogP contribution in [-0.2, 0) is 9.53 Å². The Bertz CT molecular complexity index is 497. The van der Waals surface area contributed by atoms with E-state index < -0.39 is 17.9 Å². The molecule has 1 fully saturated rings. The Balaban J connectivity index is 1.91. The number of nitrogens with two attached hydrogens (primary N) is 1. The van der Waals surface area contributed by atoms with Crippen molar-refractivity contribution in [2.45, 2.75) is 31.9 Å². The van der Waals surface area contributed by atoms with Gasteiger partial charge in [-0.15, -0.1) is 0 Å². The Morgan fingerprint density at radius 3 is 2.71 bits per heavy atom. The van der Waals surface area contributed by atoms with Gasteiger partial charge < -0.3 is 20.5 Å². The minimum absolute atomic E-state index is 0.0980. The van der Waals surface area contributed by atoms with Crippen molar-refractivity contribution in [1.29, 1.82) is 0 Å². The van der Waals surface area contributed by atoms with Gasteiger partial charge in [0.1, 0.15) is 12.1 Å². The normalized spacial score (nSPS) is 17.0. The number of rotatable bonds is 5. The Hall–Kier alpha value is -2.15. The number of aromatic nitrogens is 1. The fraction of sp³-hybridized carbons (Fsp3) is 0.500. The van der Waals surface area contributed by atoms with Gasteiger partial charge in [0.05, 0.1) is 18.8 Å². The number of primary amides is 1. The SMILES string of the molecule is C[C@@H](NC(=O)c1ccc(OC2CCOCC2)nc1)C(N)=O. The van der Waals surface area contributed by atoms with Crippen LogP contribution in [-0.4, -0.2) is 42.2 Å². The molecule has 0 bridgehead atoms. The molecular weight excluding hydrogens is 274 g/mol. The molecule has 0 aliphatic carbocycles. The first-order valence-electron chi connectivity index (χ1n) is 6.87. The van der Waals surface area contributed by atoms with Crippen molar-refractivity contribution >= 4 is 11.8 Å². The number of carbonyl (C=O) groups excluding carboxylic acids is 2. The van der Waals surface area contributed by atoms with Crippen molar-refractivity contribution in [2.75, 3.05) is 13.2 Å². The van der Waals surface area contributed by atoms with E-state index in [-0.39, 0.29) is 6.10 Å². The molecule has 1 aromatic heterocycles. The minimum atomic E-state index is -0.726. The molecule has 1 aliphatic heterocycles. The van der Waals surface area contributed by atoms with Crippen LogP contribution in [0.15, 0.2) is 18.3 Å². The minimum Gasteiger partial charge on any atom is -0.474 e. The summed E-state index contributed by atoms with van der Waals surface area (Å²) in [5.74, 6) is -0.511. The van der Waals surface area contributed by atoms with Crippen LogP contribution in [0.1, 0.15) is 30.1 Å². The van der Waals surface area contributed by atoms with E-state index >= 15 is 0 Å². The molecular formula is C14H19N3O4. The molecule has 7 nitrogen and oxygen atoms in total. The zero-order valence-electron chi connectivity index (χ0n) is 11.9. The molecule has 1 aromatic rings. The maximum Gasteiger partial charge on any atom is 0.253 e. The third-order valence-electron chi connectivity index (χ3n) is 3.23. The molecule has 0 unspecified atom stereocenters. The molecule has 1 aliphatic rings. The molecule has 1 saturated heterocycles. The molecule has 7 heteroatoms. The summed E-state index contributed by atoms with van der Waals surface area (Å²) in [6, 6.07) is 2.51. The van der Waals surface area contributed by atoms with Crippen LogP contribution >= 0.6 is 0 Å². The lowest BCUT2D eigenvalue weighted by molar-refractivity contribution is -0.119. The second kappa shape index (κ2) is 7.03. The third kappa shape index (κ3) is 4.42. The van der Waals surface area contributed by atoms with Gasteiger partial charge in [0, 0.05) is 25.1 Å². The number of amides is 2. The Labute approximate surface area is 122 Å². The van der Waals surface area contributed by atoms with E-state index in [1.165, 1.54) is 13.1 Å². The summed E-state index contributed by atoms with van der Waals surface area (Å²) in [6.07, 6.45) is 3.18. The van der Waals surface area contributed by atoms with Gasteiger partial charge in [-0.3, -0.25) is 9.59 Å². The number of carbonyl (C=O) groups is 2. The van der Waals surface area contributed by atoms with Crippen molar-refractivity contribution in [3.8, 4) is 5.88 Å². The zero-order chi connectivity index (χ0) is 15.2. The second-order valence-corrected chi connectivity index (χ2v) is 4.91. The fourth-order valence-electron chi connectivity index (χ4n) is 1.90. The van der Waals surface area contributed by atoms with Crippen LogP contribution in [0.5, 0.6) is 5.88 Å². The summed E-state index contributed by atoms with van der Waals surface area (Å²) in [5, 5.41) is 2.49. The lowest BCUT2D eigenvalue weighted by Gasteiger charge is -2.22. The van der Waals surface area contributed by atoms with E-state index in [2.05, 4.69) is 10.3 Å². The van der Waals surface area contributed by atoms with Gasteiger partial charge in [-0.25, -0.2) is 4.98 Å². The van der Waals surface area contributed by atoms with E-state index in [1.54, 1.807) is 12.1 Å². The molecule has 114 valence electrons. The molecule has 0 aromatic carbocycles. The highest BCUT2D eigenvalue weighted by molar-refractivity contribution is 5.96. The predicted molar refractivity (Wildman–Crippen MR) is 74.8 cm³/mol. The standard InChI is InChI=1S/C14H19N3O4/c1-9(13(15)18)17-14(19)10-2-3-12(16-8-10)21-11-4-6-20-7-5-11/h2-3,8-9,11H,4-7H2,1H3,(H2,15,18)(H,17,19)/t9-/m1/s1. The summed E-state index contributed by atoms with van der Waals surface area (Å²) in [7, 11) is 0. The third-order valence-corrected chi connectivity index (χ3v) is 3.23. The molecule has 0 spiro atoms. The highest BCUT2D eigenvalue weighted by Crippen LogP contribution is 2.15. The molecule has 0 saturated carbocycles. The van der Waals surface area contributed by atoms with Gasteiger partial charge in [-0.2, -0.15) is 0 Å². The van der Waals surface area contributed by atoms with Crippen LogP contribution in [0.25, 0.3) is 0 Å². The average Bonchev–Trinajstić information content (AvgIpc) is 2.48. The van der Waals surface area contributed by atoms with Gasteiger partial charge >= 0.3 is 0 Å². The lowest BCUT2D eigenvalue weighted by atomic mass is 10.1. The molecule has 2 amide bonds. The number of hydrogen-bond acceptors (Lipinski definition) is 5. The number of nitrogens with zero attached hydrogens (tertiary/aromatic N) is 1. The molecule has 2 heterocycles. The Morgan fingerprint density at radius 1 is 1.43 bits per heavy atom. The fourth-order valence-corrected chi connectivity index (χ4v) is 1.90. The highest BCUT2D eigenvalue weighted by Gasteiger charge is 2.17. The maximum atomic E-state index is 11.8. The quantitative estimate of drug-likeness (QED) is 0.809. The summed E-state index contributed by atoms with van der Waals surface area (Å²) in [4.78, 5) is 26.9. The smallest absolute Gasteiger partial charge is 0.253 e. The average molecular weight is 293 g/mol. The maximum absolute atomic E-state index is 11.8. The largest absolute Gasteiger partial charge is 0.474 e. The van der Waals surface area contributed by atoms with E-state index in [4.69, 9.17) is 15.2 Å². The summed E-state index contributed by atoms with van der Waals surface area (Å²) in [6.45, 7) is 2.91. The first-order valence-corrected chi connectivity index (χ1v) is 6.87. The molecule has 1 atom stereocenters. The van der Waals surface area contributed by atoms with E-state index in [1.807, 2.05) is 0 Å². The predicted octanol–water partition coefficient (Wildman–Crippen LogP) is 0.243. The Morgan fingerprint density at radius 2 is 2.14 bits per heavy atom. The van der Waals surface area contributed by atoms with Crippen LogP contribution in [0.4, 0.5) is 0 Å². The van der Waals surface area contributed by atoms with Crippen LogP contribution in [0.2, 0.25) is 0 Å². The molecule has 21 heavy (non-hydrogen) atoms. The first kappa shape index (κ1) is 15.2.